The molecule has 0 aliphatic heterocycles. The minimum Gasteiger partial charge on any atom is -0.508 e. The Bertz CT molecular complexity index is 1530. The summed E-state index contributed by atoms with van der Waals surface area (Å²) < 4.78 is 41.6. The van der Waals surface area contributed by atoms with Crippen LogP contribution in [-0.4, -0.2) is 32.4 Å². The van der Waals surface area contributed by atoms with Gasteiger partial charge in [0.1, 0.15) is 17.2 Å². The van der Waals surface area contributed by atoms with Crippen molar-refractivity contribution in [1.29, 1.82) is 0 Å². The normalized spacial score (nSPS) is 14.2. The van der Waals surface area contributed by atoms with E-state index in [1.807, 2.05) is 0 Å². The number of carbonyl (C=O) groups excluding carboxylic acids is 1. The summed E-state index contributed by atoms with van der Waals surface area (Å²) in [6.45, 7) is 0.859. The Morgan fingerprint density at radius 2 is 1.82 bits per heavy atom. The SMILES string of the molecule is NCc1cccc(-n2nc(C(F)(F)F)cc2C(=O)Nc2cccc(C(NCC3CC3)c3cc(O)ccc3O)c2)c1. The van der Waals surface area contributed by atoms with E-state index in [1.54, 1.807) is 48.5 Å². The highest BCUT2D eigenvalue weighted by atomic mass is 19.4. The predicted octanol–water partition coefficient (Wildman–Crippen LogP) is 5.10. The molecule has 1 saturated carbocycles. The van der Waals surface area contributed by atoms with Gasteiger partial charge in [0.2, 0.25) is 0 Å². The van der Waals surface area contributed by atoms with Crippen LogP contribution in [0.25, 0.3) is 5.69 Å². The third-order valence-corrected chi connectivity index (χ3v) is 6.73. The lowest BCUT2D eigenvalue weighted by molar-refractivity contribution is -0.141. The highest BCUT2D eigenvalue weighted by molar-refractivity contribution is 6.03. The van der Waals surface area contributed by atoms with E-state index in [9.17, 15) is 28.2 Å². The molecule has 1 atom stereocenters. The van der Waals surface area contributed by atoms with Crippen molar-refractivity contribution in [2.75, 3.05) is 11.9 Å². The Morgan fingerprint density at radius 3 is 2.55 bits per heavy atom. The highest BCUT2D eigenvalue weighted by Gasteiger charge is 2.36. The number of alkyl halides is 3. The number of aromatic hydroxyl groups is 2. The number of nitrogens with zero attached hydrogens (tertiary/aromatic N) is 2. The average molecular weight is 552 g/mol. The van der Waals surface area contributed by atoms with Gasteiger partial charge in [0.25, 0.3) is 5.91 Å². The maximum atomic E-state index is 13.6. The number of nitrogens with one attached hydrogen (secondary N) is 2. The fourth-order valence-electron chi connectivity index (χ4n) is 4.47. The third kappa shape index (κ3) is 6.11. The fraction of sp³-hybridized carbons (Fsp3) is 0.241. The second-order valence-electron chi connectivity index (χ2n) is 9.81. The molecular weight excluding hydrogens is 523 g/mol. The Morgan fingerprint density at radius 1 is 1.05 bits per heavy atom. The molecule has 0 radical (unpaired) electrons. The molecule has 40 heavy (non-hydrogen) atoms. The van der Waals surface area contributed by atoms with Crippen LogP contribution in [0, 0.1) is 5.92 Å². The number of rotatable bonds is 9. The summed E-state index contributed by atoms with van der Waals surface area (Å²) in [5, 5.41) is 30.3. The standard InChI is InChI=1S/C29H28F3N5O3/c30-29(31,32)26-14-24(37(36-26)21-6-1-3-18(11-21)15-33)28(40)35-20-5-2-4-19(12-20)27(34-16-17-7-8-17)23-13-22(38)9-10-25(23)39/h1-6,9-14,17,27,34,38-39H,7-8,15-16,33H2,(H,35,40). The first-order valence-corrected chi connectivity index (χ1v) is 12.8. The number of hydrogen-bond acceptors (Lipinski definition) is 6. The van der Waals surface area contributed by atoms with Gasteiger partial charge in [-0.3, -0.25) is 4.79 Å². The van der Waals surface area contributed by atoms with E-state index in [2.05, 4.69) is 15.7 Å². The van der Waals surface area contributed by atoms with Crippen LogP contribution in [0.15, 0.2) is 72.8 Å². The van der Waals surface area contributed by atoms with Crippen molar-refractivity contribution in [1.82, 2.24) is 15.1 Å². The Balaban J connectivity index is 1.47. The van der Waals surface area contributed by atoms with E-state index >= 15 is 0 Å². The summed E-state index contributed by atoms with van der Waals surface area (Å²) >= 11 is 0. The molecule has 1 heterocycles. The number of carbonyl (C=O) groups is 1. The predicted molar refractivity (Wildman–Crippen MR) is 143 cm³/mol. The van der Waals surface area contributed by atoms with Crippen molar-refractivity contribution in [3.63, 3.8) is 0 Å². The van der Waals surface area contributed by atoms with Gasteiger partial charge in [0, 0.05) is 23.9 Å². The molecule has 5 rings (SSSR count). The molecule has 6 N–H and O–H groups in total. The molecule has 4 aromatic rings. The van der Waals surface area contributed by atoms with Crippen molar-refractivity contribution >= 4 is 11.6 Å². The first-order chi connectivity index (χ1) is 19.1. The van der Waals surface area contributed by atoms with Crippen molar-refractivity contribution in [2.45, 2.75) is 31.6 Å². The topological polar surface area (TPSA) is 125 Å². The van der Waals surface area contributed by atoms with Gasteiger partial charge in [-0.2, -0.15) is 18.3 Å². The molecule has 1 fully saturated rings. The van der Waals surface area contributed by atoms with E-state index in [1.165, 1.54) is 18.2 Å². The number of anilines is 1. The molecule has 1 aromatic heterocycles. The minimum absolute atomic E-state index is 0.0103. The number of nitrogens with two attached hydrogens (primary N) is 1. The van der Waals surface area contributed by atoms with Crippen LogP contribution in [0.4, 0.5) is 18.9 Å². The molecule has 1 aliphatic rings. The van der Waals surface area contributed by atoms with Gasteiger partial charge >= 0.3 is 6.18 Å². The van der Waals surface area contributed by atoms with Gasteiger partial charge in [-0.15, -0.1) is 0 Å². The van der Waals surface area contributed by atoms with E-state index in [0.717, 1.165) is 17.5 Å². The first-order valence-electron chi connectivity index (χ1n) is 12.8. The van der Waals surface area contributed by atoms with Crippen LogP contribution in [0.3, 0.4) is 0 Å². The van der Waals surface area contributed by atoms with E-state index in [4.69, 9.17) is 5.73 Å². The molecular formula is C29H28F3N5O3. The molecule has 1 aliphatic carbocycles. The van der Waals surface area contributed by atoms with Crippen molar-refractivity contribution < 1.29 is 28.2 Å². The van der Waals surface area contributed by atoms with Crippen LogP contribution in [-0.2, 0) is 12.7 Å². The lowest BCUT2D eigenvalue weighted by Gasteiger charge is -2.22. The summed E-state index contributed by atoms with van der Waals surface area (Å²) in [5.74, 6) is -0.293. The summed E-state index contributed by atoms with van der Waals surface area (Å²) in [7, 11) is 0. The van der Waals surface area contributed by atoms with Crippen molar-refractivity contribution in [3.05, 3.63) is 101 Å². The third-order valence-electron chi connectivity index (χ3n) is 6.73. The summed E-state index contributed by atoms with van der Waals surface area (Å²) in [4.78, 5) is 13.3. The molecule has 0 saturated heterocycles. The van der Waals surface area contributed by atoms with Crippen LogP contribution >= 0.6 is 0 Å². The molecule has 1 amide bonds. The molecule has 3 aromatic carbocycles. The number of benzene rings is 3. The maximum Gasteiger partial charge on any atom is 0.435 e. The van der Waals surface area contributed by atoms with E-state index < -0.39 is 23.8 Å². The van der Waals surface area contributed by atoms with Crippen LogP contribution < -0.4 is 16.4 Å². The average Bonchev–Trinajstić information content (AvgIpc) is 3.64. The van der Waals surface area contributed by atoms with Crippen molar-refractivity contribution in [2.24, 2.45) is 11.7 Å². The zero-order valence-corrected chi connectivity index (χ0v) is 21.3. The lowest BCUT2D eigenvalue weighted by atomic mass is 9.96. The van der Waals surface area contributed by atoms with E-state index in [0.29, 0.717) is 40.9 Å². The number of aromatic nitrogens is 2. The van der Waals surface area contributed by atoms with E-state index in [-0.39, 0.29) is 29.4 Å². The smallest absolute Gasteiger partial charge is 0.435 e. The first kappa shape index (κ1) is 27.2. The summed E-state index contributed by atoms with van der Waals surface area (Å²) in [6.07, 6.45) is -2.55. The van der Waals surface area contributed by atoms with Gasteiger partial charge in [0.05, 0.1) is 11.7 Å². The van der Waals surface area contributed by atoms with Gasteiger partial charge in [-0.1, -0.05) is 24.3 Å². The quantitative estimate of drug-likeness (QED) is 0.184. The van der Waals surface area contributed by atoms with Gasteiger partial charge in [0.15, 0.2) is 5.69 Å². The number of phenolic OH excluding ortho intramolecular Hbond substituents is 2. The van der Waals surface area contributed by atoms with Gasteiger partial charge in [-0.25, -0.2) is 4.68 Å². The van der Waals surface area contributed by atoms with Crippen molar-refractivity contribution in [3.8, 4) is 17.2 Å². The Kier molecular flexibility index (Phi) is 7.51. The largest absolute Gasteiger partial charge is 0.508 e. The Labute approximate surface area is 228 Å². The zero-order chi connectivity index (χ0) is 28.4. The van der Waals surface area contributed by atoms with Crippen LogP contribution in [0.5, 0.6) is 11.5 Å². The molecule has 11 heteroatoms. The number of hydrogen-bond donors (Lipinski definition) is 5. The Hall–Kier alpha value is -4.35. The summed E-state index contributed by atoms with van der Waals surface area (Å²) in [5.41, 5.74) is 6.58. The lowest BCUT2D eigenvalue weighted by Crippen LogP contribution is -2.25. The second-order valence-corrected chi connectivity index (χ2v) is 9.81. The van der Waals surface area contributed by atoms with Crippen LogP contribution in [0.2, 0.25) is 0 Å². The summed E-state index contributed by atoms with van der Waals surface area (Å²) in [6, 6.07) is 17.7. The highest BCUT2D eigenvalue weighted by Crippen LogP contribution is 2.35. The number of amides is 1. The molecule has 0 spiro atoms. The monoisotopic (exact) mass is 551 g/mol. The minimum atomic E-state index is -4.75. The fourth-order valence-corrected chi connectivity index (χ4v) is 4.47. The molecule has 8 nitrogen and oxygen atoms in total. The number of halogens is 3. The van der Waals surface area contributed by atoms with Gasteiger partial charge in [-0.05, 0) is 78.9 Å². The second kappa shape index (κ2) is 11.0. The number of phenols is 2. The maximum absolute atomic E-state index is 13.6. The van der Waals surface area contributed by atoms with Crippen LogP contribution in [0.1, 0.15) is 51.8 Å². The molecule has 1 unspecified atom stereocenters. The molecule has 208 valence electrons. The zero-order valence-electron chi connectivity index (χ0n) is 21.3. The molecule has 0 bridgehead atoms. The van der Waals surface area contributed by atoms with Gasteiger partial charge < -0.3 is 26.6 Å².